The van der Waals surface area contributed by atoms with Gasteiger partial charge in [0.1, 0.15) is 11.5 Å². The number of rotatable bonds is 5. The molecule has 2 heterocycles. The van der Waals surface area contributed by atoms with E-state index in [1.165, 1.54) is 6.08 Å². The Morgan fingerprint density at radius 3 is 2.68 bits per heavy atom. The number of amides is 1. The van der Waals surface area contributed by atoms with Crippen molar-refractivity contribution in [3.05, 3.63) is 29.7 Å². The van der Waals surface area contributed by atoms with Crippen LogP contribution in [0.5, 0.6) is 0 Å². The fourth-order valence-electron chi connectivity index (χ4n) is 3.20. The zero-order chi connectivity index (χ0) is 18.0. The molecule has 0 spiro atoms. The Balaban J connectivity index is 1.52. The molecule has 1 saturated carbocycles. The maximum absolute atomic E-state index is 12.3. The van der Waals surface area contributed by atoms with Crippen molar-refractivity contribution in [1.29, 1.82) is 0 Å². The third kappa shape index (κ3) is 3.95. The first-order chi connectivity index (χ1) is 11.9. The summed E-state index contributed by atoms with van der Waals surface area (Å²) in [7, 11) is 0. The molecule has 1 aromatic heterocycles. The average molecular weight is 347 g/mol. The van der Waals surface area contributed by atoms with E-state index < -0.39 is 11.6 Å². The van der Waals surface area contributed by atoms with E-state index in [4.69, 9.17) is 9.15 Å². The maximum atomic E-state index is 12.3. The molecule has 1 aromatic rings. The Bertz CT molecular complexity index is 669. The lowest BCUT2D eigenvalue weighted by molar-refractivity contribution is -0.171. The minimum Gasteiger partial charge on any atom is -0.464 e. The van der Waals surface area contributed by atoms with Crippen LogP contribution in [0.2, 0.25) is 0 Å². The van der Waals surface area contributed by atoms with Gasteiger partial charge in [-0.1, -0.05) is 6.92 Å². The van der Waals surface area contributed by atoms with Crippen molar-refractivity contribution in [3.63, 3.8) is 0 Å². The van der Waals surface area contributed by atoms with Gasteiger partial charge in [-0.25, -0.2) is 4.79 Å². The van der Waals surface area contributed by atoms with Crippen LogP contribution in [0.1, 0.15) is 50.5 Å². The summed E-state index contributed by atoms with van der Waals surface area (Å²) < 4.78 is 10.6. The van der Waals surface area contributed by atoms with Gasteiger partial charge in [-0.2, -0.15) is 0 Å². The largest absolute Gasteiger partial charge is 0.464 e. The first-order valence-corrected chi connectivity index (χ1v) is 8.89. The molecule has 0 bridgehead atoms. The molecule has 1 N–H and O–H groups in total. The molecule has 1 aliphatic heterocycles. The van der Waals surface area contributed by atoms with Crippen molar-refractivity contribution in [2.24, 2.45) is 5.92 Å². The lowest BCUT2D eigenvalue weighted by atomic mass is 9.91. The van der Waals surface area contributed by atoms with Crippen molar-refractivity contribution in [1.82, 2.24) is 4.90 Å². The van der Waals surface area contributed by atoms with Crippen molar-refractivity contribution in [2.75, 3.05) is 19.7 Å². The number of carbonyl (C=O) groups excluding carboxylic acids is 2. The van der Waals surface area contributed by atoms with Gasteiger partial charge in [0.15, 0.2) is 5.60 Å². The van der Waals surface area contributed by atoms with Gasteiger partial charge >= 0.3 is 5.97 Å². The van der Waals surface area contributed by atoms with Crippen LogP contribution >= 0.6 is 0 Å². The maximum Gasteiger partial charge on any atom is 0.338 e. The smallest absolute Gasteiger partial charge is 0.338 e. The lowest BCUT2D eigenvalue weighted by Gasteiger charge is -2.35. The van der Waals surface area contributed by atoms with Gasteiger partial charge in [0, 0.05) is 37.9 Å². The van der Waals surface area contributed by atoms with Crippen molar-refractivity contribution in [3.8, 4) is 0 Å². The molecular formula is C19H25NO5. The van der Waals surface area contributed by atoms with E-state index in [0.29, 0.717) is 30.7 Å². The number of hydrogen-bond donors (Lipinski definition) is 1. The van der Waals surface area contributed by atoms with Crippen LogP contribution in [0.3, 0.4) is 0 Å². The number of esters is 1. The summed E-state index contributed by atoms with van der Waals surface area (Å²) in [6.45, 7) is 4.77. The average Bonchev–Trinajstić information content (AvgIpc) is 3.14. The second-order valence-corrected chi connectivity index (χ2v) is 6.97. The summed E-state index contributed by atoms with van der Waals surface area (Å²) in [5.41, 5.74) is -1.48. The van der Waals surface area contributed by atoms with Gasteiger partial charge in [-0.15, -0.1) is 0 Å². The minimum atomic E-state index is -1.48. The number of piperidine rings is 1. The number of likely N-dealkylation sites (tertiary alicyclic amines) is 1. The van der Waals surface area contributed by atoms with Crippen LogP contribution in [0.15, 0.2) is 22.6 Å². The second-order valence-electron chi connectivity index (χ2n) is 6.97. The van der Waals surface area contributed by atoms with E-state index in [2.05, 4.69) is 6.92 Å². The van der Waals surface area contributed by atoms with Gasteiger partial charge in [-0.05, 0) is 37.5 Å². The normalized spacial score (nSPS) is 25.2. The number of hydrogen-bond acceptors (Lipinski definition) is 5. The number of carbonyl (C=O) groups is 2. The molecule has 6 heteroatoms. The van der Waals surface area contributed by atoms with Crippen LogP contribution in [0.25, 0.3) is 6.08 Å². The SMILES string of the molecule is CCOC(=O)C1(O)CCN(C(=O)/C=C/c2ccc(C3CC3C)o2)CC1. The first kappa shape index (κ1) is 17.7. The van der Waals surface area contributed by atoms with Crippen molar-refractivity contribution >= 4 is 18.0 Å². The highest BCUT2D eigenvalue weighted by Gasteiger charge is 2.41. The molecule has 3 rings (SSSR count). The quantitative estimate of drug-likeness (QED) is 0.653. The molecule has 6 nitrogen and oxygen atoms in total. The third-order valence-electron chi connectivity index (χ3n) is 5.07. The van der Waals surface area contributed by atoms with Gasteiger partial charge in [0.25, 0.3) is 0 Å². The molecule has 2 fully saturated rings. The van der Waals surface area contributed by atoms with Crippen LogP contribution in [-0.4, -0.2) is 47.2 Å². The van der Waals surface area contributed by atoms with E-state index in [1.54, 1.807) is 17.9 Å². The highest BCUT2D eigenvalue weighted by molar-refractivity contribution is 5.91. The molecule has 25 heavy (non-hydrogen) atoms. The lowest BCUT2D eigenvalue weighted by Crippen LogP contribution is -2.51. The Morgan fingerprint density at radius 1 is 1.40 bits per heavy atom. The minimum absolute atomic E-state index is 0.149. The Kier molecular flexibility index (Phi) is 4.99. The second kappa shape index (κ2) is 7.04. The van der Waals surface area contributed by atoms with E-state index in [-0.39, 0.29) is 25.4 Å². The van der Waals surface area contributed by atoms with Crippen LogP contribution in [0.4, 0.5) is 0 Å². The highest BCUT2D eigenvalue weighted by atomic mass is 16.5. The standard InChI is InChI=1S/C19H25NO5/c1-3-24-18(22)19(23)8-10-20(11-9-19)17(21)7-5-14-4-6-16(25-14)15-12-13(15)2/h4-7,13,15,23H,3,8-12H2,1-2H3/b7-5+. The van der Waals surface area contributed by atoms with Crippen LogP contribution in [0, 0.1) is 5.92 Å². The molecule has 2 aliphatic rings. The fourth-order valence-corrected chi connectivity index (χ4v) is 3.20. The van der Waals surface area contributed by atoms with E-state index in [9.17, 15) is 14.7 Å². The molecule has 1 saturated heterocycles. The Hall–Kier alpha value is -2.08. The molecule has 1 amide bonds. The predicted octanol–water partition coefficient (Wildman–Crippen LogP) is 2.33. The monoisotopic (exact) mass is 347 g/mol. The predicted molar refractivity (Wildman–Crippen MR) is 91.7 cm³/mol. The molecular weight excluding hydrogens is 322 g/mol. The topological polar surface area (TPSA) is 80.0 Å². The molecule has 2 atom stereocenters. The van der Waals surface area contributed by atoms with Crippen molar-refractivity contribution < 1.29 is 23.8 Å². The van der Waals surface area contributed by atoms with E-state index in [1.807, 2.05) is 12.1 Å². The number of aliphatic hydroxyl groups is 1. The van der Waals surface area contributed by atoms with E-state index >= 15 is 0 Å². The molecule has 0 aromatic carbocycles. The van der Waals surface area contributed by atoms with Gasteiger partial charge in [0.05, 0.1) is 6.61 Å². The zero-order valence-corrected chi connectivity index (χ0v) is 14.7. The summed E-state index contributed by atoms with van der Waals surface area (Å²) in [5, 5.41) is 10.3. The van der Waals surface area contributed by atoms with Crippen molar-refractivity contribution in [2.45, 2.75) is 44.6 Å². The molecule has 136 valence electrons. The third-order valence-corrected chi connectivity index (χ3v) is 5.07. The molecule has 0 radical (unpaired) electrons. The summed E-state index contributed by atoms with van der Waals surface area (Å²) >= 11 is 0. The molecule has 2 unspecified atom stereocenters. The summed E-state index contributed by atoms with van der Waals surface area (Å²) in [6, 6.07) is 3.85. The van der Waals surface area contributed by atoms with Gasteiger partial charge in [0.2, 0.25) is 5.91 Å². The summed E-state index contributed by atoms with van der Waals surface area (Å²) in [5.74, 6) is 2.09. The Morgan fingerprint density at radius 2 is 2.08 bits per heavy atom. The Labute approximate surface area is 147 Å². The van der Waals surface area contributed by atoms with E-state index in [0.717, 1.165) is 12.2 Å². The zero-order valence-electron chi connectivity index (χ0n) is 14.7. The van der Waals surface area contributed by atoms with Gasteiger partial charge in [-0.3, -0.25) is 4.79 Å². The number of furan rings is 1. The highest BCUT2D eigenvalue weighted by Crippen LogP contribution is 2.47. The molecule has 1 aliphatic carbocycles. The summed E-state index contributed by atoms with van der Waals surface area (Å²) in [4.78, 5) is 25.7. The first-order valence-electron chi connectivity index (χ1n) is 8.89. The number of nitrogens with zero attached hydrogens (tertiary/aromatic N) is 1. The van der Waals surface area contributed by atoms with Crippen LogP contribution < -0.4 is 0 Å². The fraction of sp³-hybridized carbons (Fsp3) is 0.579. The summed E-state index contributed by atoms with van der Waals surface area (Å²) in [6.07, 6.45) is 4.69. The number of ether oxygens (including phenoxy) is 1. The van der Waals surface area contributed by atoms with Crippen LogP contribution in [-0.2, 0) is 14.3 Å². The van der Waals surface area contributed by atoms with Gasteiger partial charge < -0.3 is 19.2 Å².